The lowest BCUT2D eigenvalue weighted by Gasteiger charge is -2.40. The van der Waals surface area contributed by atoms with Gasteiger partial charge in [-0.25, -0.2) is 0 Å². The van der Waals surface area contributed by atoms with Crippen LogP contribution >= 0.6 is 0 Å². The van der Waals surface area contributed by atoms with Crippen LogP contribution in [0.5, 0.6) is 0 Å². The molecule has 90 valence electrons. The number of hydrogen-bond donors (Lipinski definition) is 2. The Bertz CT molecular complexity index is 295. The van der Waals surface area contributed by atoms with Crippen LogP contribution in [0.2, 0.25) is 0 Å². The van der Waals surface area contributed by atoms with Gasteiger partial charge in [0.15, 0.2) is 0 Å². The molecule has 0 aromatic heterocycles. The molecule has 2 saturated heterocycles. The fourth-order valence-corrected chi connectivity index (χ4v) is 2.89. The fraction of sp³-hybridized carbons (Fsp3) is 0.917. The van der Waals surface area contributed by atoms with Crippen LogP contribution in [0, 0.1) is 0 Å². The molecule has 1 saturated carbocycles. The van der Waals surface area contributed by atoms with Gasteiger partial charge in [-0.1, -0.05) is 0 Å². The molecule has 0 bridgehead atoms. The summed E-state index contributed by atoms with van der Waals surface area (Å²) < 4.78 is 0. The van der Waals surface area contributed by atoms with Gasteiger partial charge in [-0.15, -0.1) is 0 Å². The van der Waals surface area contributed by atoms with Crippen molar-refractivity contribution in [2.45, 2.75) is 50.2 Å². The van der Waals surface area contributed by atoms with Crippen molar-refractivity contribution in [2.24, 2.45) is 0 Å². The molecule has 3 aliphatic rings. The Morgan fingerprint density at radius 2 is 2.25 bits per heavy atom. The van der Waals surface area contributed by atoms with Gasteiger partial charge in [0.1, 0.15) is 0 Å². The predicted octanol–water partition coefficient (Wildman–Crippen LogP) is 0.0913. The summed E-state index contributed by atoms with van der Waals surface area (Å²) in [5.74, 6) is 0.331. The molecule has 4 nitrogen and oxygen atoms in total. The van der Waals surface area contributed by atoms with Gasteiger partial charge >= 0.3 is 0 Å². The normalized spacial score (nSPS) is 36.7. The van der Waals surface area contributed by atoms with E-state index in [-0.39, 0.29) is 6.04 Å². The number of nitrogens with one attached hydrogen (secondary N) is 2. The average Bonchev–Trinajstić information content (AvgIpc) is 2.81. The van der Waals surface area contributed by atoms with E-state index in [9.17, 15) is 4.79 Å². The number of carbonyl (C=O) groups is 1. The van der Waals surface area contributed by atoms with E-state index in [2.05, 4.69) is 22.5 Å². The van der Waals surface area contributed by atoms with Gasteiger partial charge in [-0.2, -0.15) is 0 Å². The van der Waals surface area contributed by atoms with E-state index in [1.54, 1.807) is 0 Å². The van der Waals surface area contributed by atoms with Crippen molar-refractivity contribution in [3.63, 3.8) is 0 Å². The maximum Gasteiger partial charge on any atom is 0.240 e. The maximum atomic E-state index is 12.4. The fourth-order valence-electron chi connectivity index (χ4n) is 2.89. The largest absolute Gasteiger partial charge is 0.336 e. The molecule has 1 amide bonds. The molecule has 0 aromatic carbocycles. The molecule has 2 heterocycles. The minimum atomic E-state index is 0.0938. The minimum absolute atomic E-state index is 0.0938. The van der Waals surface area contributed by atoms with Crippen LogP contribution < -0.4 is 10.6 Å². The Kier molecular flexibility index (Phi) is 2.44. The van der Waals surface area contributed by atoms with E-state index in [4.69, 9.17) is 0 Å². The predicted molar refractivity (Wildman–Crippen MR) is 62.2 cm³/mol. The van der Waals surface area contributed by atoms with Crippen molar-refractivity contribution in [3.8, 4) is 0 Å². The highest BCUT2D eigenvalue weighted by atomic mass is 16.2. The Morgan fingerprint density at radius 3 is 2.88 bits per heavy atom. The van der Waals surface area contributed by atoms with Gasteiger partial charge in [0.05, 0.1) is 6.04 Å². The van der Waals surface area contributed by atoms with Crippen LogP contribution in [-0.2, 0) is 4.79 Å². The molecule has 0 unspecified atom stereocenters. The molecule has 0 aromatic rings. The van der Waals surface area contributed by atoms with Crippen LogP contribution in [-0.4, -0.2) is 48.1 Å². The van der Waals surface area contributed by atoms with Crippen molar-refractivity contribution in [3.05, 3.63) is 0 Å². The van der Waals surface area contributed by atoms with Crippen LogP contribution in [0.25, 0.3) is 0 Å². The topological polar surface area (TPSA) is 44.4 Å². The van der Waals surface area contributed by atoms with Crippen molar-refractivity contribution >= 4 is 5.91 Å². The second-order valence-corrected chi connectivity index (χ2v) is 5.63. The standard InChI is InChI=1S/C12H21N3O/c1-9-7-14-12(4-5-12)8-15(9)11(16)10-3-2-6-13-10/h9-10,13-14H,2-8H2,1H3/t9-,10-/m0/s1. The van der Waals surface area contributed by atoms with Crippen LogP contribution in [0.1, 0.15) is 32.6 Å². The first-order valence-electron chi connectivity index (χ1n) is 6.49. The van der Waals surface area contributed by atoms with Crippen LogP contribution in [0.3, 0.4) is 0 Å². The van der Waals surface area contributed by atoms with Gasteiger partial charge < -0.3 is 15.5 Å². The molecule has 3 fully saturated rings. The third kappa shape index (κ3) is 1.74. The minimum Gasteiger partial charge on any atom is -0.336 e. The molecule has 2 N–H and O–H groups in total. The lowest BCUT2D eigenvalue weighted by molar-refractivity contribution is -0.137. The van der Waals surface area contributed by atoms with E-state index < -0.39 is 0 Å². The van der Waals surface area contributed by atoms with Gasteiger partial charge in [-0.05, 0) is 39.2 Å². The first kappa shape index (κ1) is 10.5. The van der Waals surface area contributed by atoms with Crippen molar-refractivity contribution in [1.82, 2.24) is 15.5 Å². The number of piperazine rings is 1. The third-order valence-corrected chi connectivity index (χ3v) is 4.27. The second kappa shape index (κ2) is 3.70. The number of hydrogen-bond acceptors (Lipinski definition) is 3. The molecule has 2 aliphatic heterocycles. The van der Waals surface area contributed by atoms with Crippen molar-refractivity contribution < 1.29 is 4.79 Å². The van der Waals surface area contributed by atoms with E-state index >= 15 is 0 Å². The summed E-state index contributed by atoms with van der Waals surface area (Å²) in [4.78, 5) is 14.5. The number of nitrogens with zero attached hydrogens (tertiary/aromatic N) is 1. The molecule has 0 radical (unpaired) electrons. The van der Waals surface area contributed by atoms with Gasteiger partial charge in [0.2, 0.25) is 5.91 Å². The van der Waals surface area contributed by atoms with E-state index in [0.29, 0.717) is 17.5 Å². The average molecular weight is 223 g/mol. The molecule has 3 rings (SSSR count). The van der Waals surface area contributed by atoms with Crippen molar-refractivity contribution in [1.29, 1.82) is 0 Å². The molecule has 2 atom stereocenters. The molecule has 1 spiro atoms. The van der Waals surface area contributed by atoms with Gasteiger partial charge in [0, 0.05) is 24.7 Å². The highest BCUT2D eigenvalue weighted by Gasteiger charge is 2.49. The summed E-state index contributed by atoms with van der Waals surface area (Å²) in [5, 5.41) is 6.89. The SMILES string of the molecule is C[C@H]1CNC2(CC2)CN1C(=O)[C@@H]1CCCN1. The second-order valence-electron chi connectivity index (χ2n) is 5.63. The summed E-state index contributed by atoms with van der Waals surface area (Å²) in [6, 6.07) is 0.442. The maximum absolute atomic E-state index is 12.4. The van der Waals surface area contributed by atoms with Gasteiger partial charge in [-0.3, -0.25) is 4.79 Å². The highest BCUT2D eigenvalue weighted by molar-refractivity contribution is 5.82. The first-order chi connectivity index (χ1) is 7.70. The zero-order valence-electron chi connectivity index (χ0n) is 9.96. The molecular weight excluding hydrogens is 202 g/mol. The summed E-state index contributed by atoms with van der Waals surface area (Å²) in [6.45, 7) is 5.03. The Morgan fingerprint density at radius 1 is 1.44 bits per heavy atom. The third-order valence-electron chi connectivity index (χ3n) is 4.27. The monoisotopic (exact) mass is 223 g/mol. The number of carbonyl (C=O) groups excluding carboxylic acids is 1. The highest BCUT2D eigenvalue weighted by Crippen LogP contribution is 2.38. The van der Waals surface area contributed by atoms with E-state index in [0.717, 1.165) is 32.5 Å². The van der Waals surface area contributed by atoms with Gasteiger partial charge in [0.25, 0.3) is 0 Å². The number of amides is 1. The lowest BCUT2D eigenvalue weighted by Crippen LogP contribution is -2.61. The quantitative estimate of drug-likeness (QED) is 0.662. The zero-order valence-corrected chi connectivity index (χ0v) is 9.96. The number of rotatable bonds is 1. The van der Waals surface area contributed by atoms with E-state index in [1.807, 2.05) is 0 Å². The Labute approximate surface area is 96.8 Å². The Hall–Kier alpha value is -0.610. The van der Waals surface area contributed by atoms with Crippen LogP contribution in [0.15, 0.2) is 0 Å². The smallest absolute Gasteiger partial charge is 0.240 e. The first-order valence-corrected chi connectivity index (χ1v) is 6.49. The molecule has 1 aliphatic carbocycles. The lowest BCUT2D eigenvalue weighted by atomic mass is 10.1. The summed E-state index contributed by atoms with van der Waals surface area (Å²) in [6.07, 6.45) is 4.63. The molecule has 4 heteroatoms. The summed E-state index contributed by atoms with van der Waals surface area (Å²) in [7, 11) is 0. The Balaban J connectivity index is 1.68. The molecular formula is C12H21N3O. The van der Waals surface area contributed by atoms with Crippen LogP contribution in [0.4, 0.5) is 0 Å². The summed E-state index contributed by atoms with van der Waals surface area (Å²) in [5.41, 5.74) is 0.292. The van der Waals surface area contributed by atoms with E-state index in [1.165, 1.54) is 12.8 Å². The molecule has 16 heavy (non-hydrogen) atoms. The summed E-state index contributed by atoms with van der Waals surface area (Å²) >= 11 is 0. The van der Waals surface area contributed by atoms with Crippen molar-refractivity contribution in [2.75, 3.05) is 19.6 Å². The zero-order chi connectivity index (χ0) is 11.2.